The van der Waals surface area contributed by atoms with Crippen LogP contribution in [0.15, 0.2) is 6.07 Å². The number of thiophene rings is 1. The van der Waals surface area contributed by atoms with E-state index in [9.17, 15) is 4.79 Å². The highest BCUT2D eigenvalue weighted by molar-refractivity contribution is 7.18. The second kappa shape index (κ2) is 5.24. The second-order valence-corrected chi connectivity index (χ2v) is 6.14. The van der Waals surface area contributed by atoms with Crippen molar-refractivity contribution in [2.75, 3.05) is 24.2 Å². The fourth-order valence-electron chi connectivity index (χ4n) is 2.31. The van der Waals surface area contributed by atoms with Crippen molar-refractivity contribution in [2.45, 2.75) is 25.8 Å². The fourth-order valence-corrected chi connectivity index (χ4v) is 3.19. The molecule has 2 aromatic rings. The van der Waals surface area contributed by atoms with E-state index in [1.807, 2.05) is 7.05 Å². The van der Waals surface area contributed by atoms with Crippen molar-refractivity contribution in [3.63, 3.8) is 0 Å². The molecule has 1 amide bonds. The Morgan fingerprint density at radius 1 is 1.45 bits per heavy atom. The number of hydrogen-bond acceptors (Lipinski definition) is 6. The van der Waals surface area contributed by atoms with Crippen LogP contribution in [-0.2, 0) is 4.79 Å². The summed E-state index contributed by atoms with van der Waals surface area (Å²) in [6, 6.07) is 2.32. The van der Waals surface area contributed by atoms with E-state index in [4.69, 9.17) is 0 Å². The highest BCUT2D eigenvalue weighted by Gasteiger charge is 2.20. The first kappa shape index (κ1) is 13.1. The molecule has 3 N–H and O–H groups in total. The lowest BCUT2D eigenvalue weighted by Crippen LogP contribution is -2.42. The zero-order chi connectivity index (χ0) is 14.1. The predicted octanol–water partition coefficient (Wildman–Crippen LogP) is 1.73. The highest BCUT2D eigenvalue weighted by Crippen LogP contribution is 2.30. The van der Waals surface area contributed by atoms with Crippen LogP contribution in [0.2, 0.25) is 0 Å². The van der Waals surface area contributed by atoms with E-state index >= 15 is 0 Å². The van der Waals surface area contributed by atoms with Crippen molar-refractivity contribution in [2.24, 2.45) is 0 Å². The molecule has 20 heavy (non-hydrogen) atoms. The van der Waals surface area contributed by atoms with Crippen LogP contribution in [0.25, 0.3) is 10.2 Å². The molecular weight excluding hydrogens is 274 g/mol. The molecule has 0 spiro atoms. The summed E-state index contributed by atoms with van der Waals surface area (Å²) in [5.74, 6) is 1.57. The zero-order valence-electron chi connectivity index (χ0n) is 11.5. The summed E-state index contributed by atoms with van der Waals surface area (Å²) < 4.78 is 0. The van der Waals surface area contributed by atoms with Crippen LogP contribution in [0.4, 0.5) is 11.8 Å². The molecule has 3 rings (SSSR count). The SMILES string of the molecule is CNc1nc(NC2CCC(=O)NC2)c2cc(C)sc2n1. The molecule has 6 nitrogen and oxygen atoms in total. The molecule has 1 atom stereocenters. The van der Waals surface area contributed by atoms with Gasteiger partial charge in [0.05, 0.1) is 5.39 Å². The number of fused-ring (bicyclic) bond motifs is 1. The fraction of sp³-hybridized carbons (Fsp3) is 0.462. The maximum absolute atomic E-state index is 11.2. The van der Waals surface area contributed by atoms with Gasteiger partial charge in [-0.25, -0.2) is 4.98 Å². The molecule has 1 saturated heterocycles. The van der Waals surface area contributed by atoms with Crippen LogP contribution in [0.1, 0.15) is 17.7 Å². The summed E-state index contributed by atoms with van der Waals surface area (Å²) in [5, 5.41) is 10.3. The van der Waals surface area contributed by atoms with Crippen LogP contribution in [-0.4, -0.2) is 35.5 Å². The number of nitrogens with one attached hydrogen (secondary N) is 3. The Balaban J connectivity index is 1.91. The smallest absolute Gasteiger partial charge is 0.225 e. The summed E-state index contributed by atoms with van der Waals surface area (Å²) in [6.45, 7) is 2.71. The number of piperidine rings is 1. The van der Waals surface area contributed by atoms with Gasteiger partial charge < -0.3 is 16.0 Å². The standard InChI is InChI=1S/C13H17N5OS/c1-7-5-9-11(16-8-3-4-10(19)15-6-8)17-13(14-2)18-12(9)20-7/h5,8H,3-4,6H2,1-2H3,(H,15,19)(H2,14,16,17,18). The third-order valence-electron chi connectivity index (χ3n) is 3.35. The van der Waals surface area contributed by atoms with Gasteiger partial charge in [0.2, 0.25) is 11.9 Å². The Morgan fingerprint density at radius 3 is 3.00 bits per heavy atom. The van der Waals surface area contributed by atoms with Gasteiger partial charge in [0.15, 0.2) is 0 Å². The Bertz CT molecular complexity index is 643. The summed E-state index contributed by atoms with van der Waals surface area (Å²) in [7, 11) is 1.81. The largest absolute Gasteiger partial charge is 0.365 e. The van der Waals surface area contributed by atoms with Crippen molar-refractivity contribution >= 4 is 39.2 Å². The highest BCUT2D eigenvalue weighted by atomic mass is 32.1. The minimum atomic E-state index is 0.123. The van der Waals surface area contributed by atoms with Crippen molar-refractivity contribution in [3.05, 3.63) is 10.9 Å². The first-order valence-electron chi connectivity index (χ1n) is 6.65. The van der Waals surface area contributed by atoms with Crippen LogP contribution in [0.5, 0.6) is 0 Å². The molecule has 0 radical (unpaired) electrons. The molecule has 1 unspecified atom stereocenters. The molecular formula is C13H17N5OS. The van der Waals surface area contributed by atoms with E-state index in [1.54, 1.807) is 11.3 Å². The van der Waals surface area contributed by atoms with E-state index in [0.29, 0.717) is 18.9 Å². The molecule has 1 fully saturated rings. The Kier molecular flexibility index (Phi) is 3.43. The van der Waals surface area contributed by atoms with Gasteiger partial charge in [-0.3, -0.25) is 4.79 Å². The average Bonchev–Trinajstić information content (AvgIpc) is 2.81. The van der Waals surface area contributed by atoms with Gasteiger partial charge in [0, 0.05) is 30.9 Å². The molecule has 1 aliphatic heterocycles. The second-order valence-electron chi connectivity index (χ2n) is 4.91. The van der Waals surface area contributed by atoms with Crippen molar-refractivity contribution in [3.8, 4) is 0 Å². The van der Waals surface area contributed by atoms with Crippen LogP contribution < -0.4 is 16.0 Å². The van der Waals surface area contributed by atoms with Crippen molar-refractivity contribution < 1.29 is 4.79 Å². The van der Waals surface area contributed by atoms with Crippen molar-refractivity contribution in [1.82, 2.24) is 15.3 Å². The average molecular weight is 291 g/mol. The first-order valence-corrected chi connectivity index (χ1v) is 7.46. The van der Waals surface area contributed by atoms with Gasteiger partial charge in [-0.2, -0.15) is 4.98 Å². The van der Waals surface area contributed by atoms with Crippen LogP contribution >= 0.6 is 11.3 Å². The minimum absolute atomic E-state index is 0.123. The Morgan fingerprint density at radius 2 is 2.30 bits per heavy atom. The molecule has 0 bridgehead atoms. The lowest BCUT2D eigenvalue weighted by Gasteiger charge is -2.24. The lowest BCUT2D eigenvalue weighted by atomic mass is 10.1. The number of anilines is 2. The van der Waals surface area contributed by atoms with E-state index in [2.05, 4.69) is 38.9 Å². The van der Waals surface area contributed by atoms with E-state index in [-0.39, 0.29) is 11.9 Å². The Hall–Kier alpha value is -1.89. The number of nitrogens with zero attached hydrogens (tertiary/aromatic N) is 2. The van der Waals surface area contributed by atoms with Crippen LogP contribution in [0.3, 0.4) is 0 Å². The predicted molar refractivity (Wildman–Crippen MR) is 81.4 cm³/mol. The number of aromatic nitrogens is 2. The van der Waals surface area contributed by atoms with E-state index in [1.165, 1.54) is 4.88 Å². The number of amides is 1. The topological polar surface area (TPSA) is 78.9 Å². The number of carbonyl (C=O) groups excluding carboxylic acids is 1. The Labute approximate surface area is 121 Å². The summed E-state index contributed by atoms with van der Waals surface area (Å²) >= 11 is 1.66. The lowest BCUT2D eigenvalue weighted by molar-refractivity contribution is -0.122. The summed E-state index contributed by atoms with van der Waals surface area (Å²) in [6.07, 6.45) is 1.39. The molecule has 1 aliphatic rings. The van der Waals surface area contributed by atoms with Gasteiger partial charge >= 0.3 is 0 Å². The summed E-state index contributed by atoms with van der Waals surface area (Å²) in [5.41, 5.74) is 0. The van der Waals surface area contributed by atoms with Gasteiger partial charge in [-0.15, -0.1) is 11.3 Å². The number of rotatable bonds is 3. The molecule has 0 aromatic carbocycles. The first-order chi connectivity index (χ1) is 9.65. The third-order valence-corrected chi connectivity index (χ3v) is 4.29. The van der Waals surface area contributed by atoms with Gasteiger partial charge in [0.1, 0.15) is 10.6 Å². The molecule has 0 saturated carbocycles. The molecule has 106 valence electrons. The maximum Gasteiger partial charge on any atom is 0.225 e. The van der Waals surface area contributed by atoms with Gasteiger partial charge in [0.25, 0.3) is 0 Å². The number of aryl methyl sites for hydroxylation is 1. The van der Waals surface area contributed by atoms with Gasteiger partial charge in [-0.1, -0.05) is 0 Å². The maximum atomic E-state index is 11.2. The van der Waals surface area contributed by atoms with Crippen LogP contribution in [0, 0.1) is 6.92 Å². The quantitative estimate of drug-likeness (QED) is 0.802. The molecule has 7 heteroatoms. The summed E-state index contributed by atoms with van der Waals surface area (Å²) in [4.78, 5) is 22.4. The van der Waals surface area contributed by atoms with E-state index < -0.39 is 0 Å². The molecule has 0 aliphatic carbocycles. The molecule has 3 heterocycles. The zero-order valence-corrected chi connectivity index (χ0v) is 12.3. The van der Waals surface area contributed by atoms with E-state index in [0.717, 1.165) is 22.5 Å². The number of carbonyl (C=O) groups is 1. The number of hydrogen-bond donors (Lipinski definition) is 3. The van der Waals surface area contributed by atoms with Crippen molar-refractivity contribution in [1.29, 1.82) is 0 Å². The van der Waals surface area contributed by atoms with Gasteiger partial charge in [-0.05, 0) is 19.4 Å². The minimum Gasteiger partial charge on any atom is -0.365 e. The molecule has 2 aromatic heterocycles. The normalized spacial score (nSPS) is 18.9. The third kappa shape index (κ3) is 2.53. The monoisotopic (exact) mass is 291 g/mol.